The normalized spacial score (nSPS) is 12.3. The molecule has 0 fully saturated rings. The molecule has 2 aromatic rings. The Morgan fingerprint density at radius 2 is 1.74 bits per heavy atom. The van der Waals surface area contributed by atoms with Crippen LogP contribution < -0.4 is 4.74 Å². The van der Waals surface area contributed by atoms with Gasteiger partial charge < -0.3 is 4.74 Å². The van der Waals surface area contributed by atoms with Crippen LogP contribution in [0.5, 0.6) is 5.75 Å². The van der Waals surface area contributed by atoms with Gasteiger partial charge in [-0.05, 0) is 48.4 Å². The maximum Gasteiger partial charge on any atom is 0.123 e. The lowest BCUT2D eigenvalue weighted by Gasteiger charge is -2.15. The van der Waals surface area contributed by atoms with E-state index in [0.29, 0.717) is 15.8 Å². The fourth-order valence-electron chi connectivity index (χ4n) is 1.99. The van der Waals surface area contributed by atoms with Crippen LogP contribution in [0.4, 0.5) is 0 Å². The molecule has 19 heavy (non-hydrogen) atoms. The van der Waals surface area contributed by atoms with Crippen molar-refractivity contribution in [2.45, 2.75) is 12.3 Å². The summed E-state index contributed by atoms with van der Waals surface area (Å²) in [6.07, 6.45) is 0. The van der Waals surface area contributed by atoms with Crippen LogP contribution in [0.2, 0.25) is 10.0 Å². The molecule has 0 saturated carbocycles. The number of methoxy groups -OCH3 is 1. The van der Waals surface area contributed by atoms with Gasteiger partial charge in [-0.3, -0.25) is 0 Å². The first-order valence-corrected chi connectivity index (χ1v) is 6.95. The lowest BCUT2D eigenvalue weighted by molar-refractivity contribution is 0.410. The standard InChI is InChI=1S/C15H13Cl3O/c1-9-5-10(7-12(17)6-9)15(18)13-8-11(16)3-4-14(13)19-2/h3-8,15H,1-2H3. The molecule has 0 aromatic heterocycles. The van der Waals surface area contributed by atoms with Crippen LogP contribution in [0, 0.1) is 6.92 Å². The number of hydrogen-bond acceptors (Lipinski definition) is 1. The smallest absolute Gasteiger partial charge is 0.123 e. The average molecular weight is 316 g/mol. The molecule has 0 saturated heterocycles. The number of alkyl halides is 1. The summed E-state index contributed by atoms with van der Waals surface area (Å²) in [6.45, 7) is 1.98. The molecule has 0 bridgehead atoms. The second-order valence-electron chi connectivity index (χ2n) is 4.31. The van der Waals surface area contributed by atoms with E-state index in [1.807, 2.05) is 37.3 Å². The van der Waals surface area contributed by atoms with Crippen molar-refractivity contribution < 1.29 is 4.74 Å². The molecule has 0 aliphatic carbocycles. The first kappa shape index (κ1) is 14.5. The van der Waals surface area contributed by atoms with Crippen molar-refractivity contribution in [2.75, 3.05) is 7.11 Å². The Hall–Kier alpha value is -0.890. The van der Waals surface area contributed by atoms with Gasteiger partial charge in [0.1, 0.15) is 5.75 Å². The van der Waals surface area contributed by atoms with Gasteiger partial charge in [0.2, 0.25) is 0 Å². The molecule has 2 aromatic carbocycles. The topological polar surface area (TPSA) is 9.23 Å². The first-order chi connectivity index (χ1) is 9.01. The highest BCUT2D eigenvalue weighted by atomic mass is 35.5. The van der Waals surface area contributed by atoms with E-state index in [-0.39, 0.29) is 5.38 Å². The maximum atomic E-state index is 6.53. The number of ether oxygens (including phenoxy) is 1. The molecule has 0 N–H and O–H groups in total. The minimum Gasteiger partial charge on any atom is -0.496 e. The van der Waals surface area contributed by atoms with Gasteiger partial charge in [-0.1, -0.05) is 29.3 Å². The highest BCUT2D eigenvalue weighted by Crippen LogP contribution is 2.37. The van der Waals surface area contributed by atoms with Crippen molar-refractivity contribution in [3.8, 4) is 5.75 Å². The Kier molecular flexibility index (Phi) is 4.62. The molecule has 1 atom stereocenters. The SMILES string of the molecule is COc1ccc(Cl)cc1C(Cl)c1cc(C)cc(Cl)c1. The Balaban J connectivity index is 2.48. The lowest BCUT2D eigenvalue weighted by atomic mass is 10.0. The quantitative estimate of drug-likeness (QED) is 0.666. The molecule has 4 heteroatoms. The van der Waals surface area contributed by atoms with E-state index >= 15 is 0 Å². The molecular weight excluding hydrogens is 303 g/mol. The fourth-order valence-corrected chi connectivity index (χ4v) is 2.77. The molecule has 0 radical (unpaired) electrons. The third kappa shape index (κ3) is 3.36. The number of benzene rings is 2. The maximum absolute atomic E-state index is 6.53. The molecular formula is C15H13Cl3O. The van der Waals surface area contributed by atoms with Gasteiger partial charge in [0.15, 0.2) is 0 Å². The summed E-state index contributed by atoms with van der Waals surface area (Å²) < 4.78 is 5.33. The van der Waals surface area contributed by atoms with E-state index in [2.05, 4.69) is 0 Å². The fraction of sp³-hybridized carbons (Fsp3) is 0.200. The van der Waals surface area contributed by atoms with Crippen LogP contribution in [0.3, 0.4) is 0 Å². The van der Waals surface area contributed by atoms with Crippen molar-refractivity contribution in [1.29, 1.82) is 0 Å². The van der Waals surface area contributed by atoms with Gasteiger partial charge in [-0.15, -0.1) is 11.6 Å². The predicted octanol–water partition coefficient (Wildman–Crippen LogP) is 5.64. The van der Waals surface area contributed by atoms with E-state index in [0.717, 1.165) is 16.7 Å². The number of halogens is 3. The van der Waals surface area contributed by atoms with Crippen LogP contribution >= 0.6 is 34.8 Å². The average Bonchev–Trinajstić information content (AvgIpc) is 2.36. The van der Waals surface area contributed by atoms with Crippen molar-refractivity contribution in [2.24, 2.45) is 0 Å². The Bertz CT molecular complexity index is 576. The predicted molar refractivity (Wildman–Crippen MR) is 81.9 cm³/mol. The van der Waals surface area contributed by atoms with E-state index in [1.165, 1.54) is 0 Å². The monoisotopic (exact) mass is 314 g/mol. The van der Waals surface area contributed by atoms with E-state index in [9.17, 15) is 0 Å². The summed E-state index contributed by atoms with van der Waals surface area (Å²) in [6, 6.07) is 11.1. The van der Waals surface area contributed by atoms with Crippen LogP contribution in [-0.4, -0.2) is 7.11 Å². The summed E-state index contributed by atoms with van der Waals surface area (Å²) in [5.41, 5.74) is 2.82. The Labute approximate surface area is 128 Å². The van der Waals surface area contributed by atoms with Crippen molar-refractivity contribution in [3.63, 3.8) is 0 Å². The second-order valence-corrected chi connectivity index (χ2v) is 5.62. The van der Waals surface area contributed by atoms with E-state index in [1.54, 1.807) is 13.2 Å². The Morgan fingerprint density at radius 3 is 2.37 bits per heavy atom. The zero-order chi connectivity index (χ0) is 14.0. The summed E-state index contributed by atoms with van der Waals surface area (Å²) >= 11 is 18.6. The lowest BCUT2D eigenvalue weighted by Crippen LogP contribution is -1.98. The highest BCUT2D eigenvalue weighted by Gasteiger charge is 2.17. The highest BCUT2D eigenvalue weighted by molar-refractivity contribution is 6.31. The molecule has 0 heterocycles. The van der Waals surface area contributed by atoms with Gasteiger partial charge in [0, 0.05) is 15.6 Å². The summed E-state index contributed by atoms with van der Waals surface area (Å²) in [5.74, 6) is 0.710. The zero-order valence-electron chi connectivity index (χ0n) is 10.6. The van der Waals surface area contributed by atoms with Crippen molar-refractivity contribution in [1.82, 2.24) is 0 Å². The number of rotatable bonds is 3. The molecule has 0 aliphatic heterocycles. The Morgan fingerprint density at radius 1 is 1.00 bits per heavy atom. The van der Waals surface area contributed by atoms with Crippen molar-refractivity contribution in [3.05, 3.63) is 63.1 Å². The van der Waals surface area contributed by atoms with Crippen LogP contribution in [-0.2, 0) is 0 Å². The second kappa shape index (κ2) is 6.04. The zero-order valence-corrected chi connectivity index (χ0v) is 12.9. The molecule has 0 amide bonds. The van der Waals surface area contributed by atoms with Gasteiger partial charge in [-0.2, -0.15) is 0 Å². The minimum absolute atomic E-state index is 0.356. The largest absolute Gasteiger partial charge is 0.496 e. The van der Waals surface area contributed by atoms with Crippen LogP contribution in [0.25, 0.3) is 0 Å². The molecule has 2 rings (SSSR count). The van der Waals surface area contributed by atoms with Gasteiger partial charge in [0.05, 0.1) is 12.5 Å². The van der Waals surface area contributed by atoms with Crippen LogP contribution in [0.1, 0.15) is 22.1 Å². The summed E-state index contributed by atoms with van der Waals surface area (Å²) in [5, 5.41) is 0.938. The van der Waals surface area contributed by atoms with Crippen LogP contribution in [0.15, 0.2) is 36.4 Å². The third-order valence-electron chi connectivity index (χ3n) is 2.82. The number of aryl methyl sites for hydroxylation is 1. The van der Waals surface area contributed by atoms with E-state index < -0.39 is 0 Å². The van der Waals surface area contributed by atoms with E-state index in [4.69, 9.17) is 39.5 Å². The number of hydrogen-bond donors (Lipinski definition) is 0. The molecule has 100 valence electrons. The summed E-state index contributed by atoms with van der Waals surface area (Å²) in [7, 11) is 1.61. The molecule has 0 aliphatic rings. The first-order valence-electron chi connectivity index (χ1n) is 5.76. The minimum atomic E-state index is -0.356. The van der Waals surface area contributed by atoms with Gasteiger partial charge >= 0.3 is 0 Å². The molecule has 1 unspecified atom stereocenters. The van der Waals surface area contributed by atoms with Gasteiger partial charge in [0.25, 0.3) is 0 Å². The summed E-state index contributed by atoms with van der Waals surface area (Å²) in [4.78, 5) is 0. The molecule has 0 spiro atoms. The third-order valence-corrected chi connectivity index (χ3v) is 3.76. The molecule has 1 nitrogen and oxygen atoms in total. The van der Waals surface area contributed by atoms with Crippen molar-refractivity contribution >= 4 is 34.8 Å². The van der Waals surface area contributed by atoms with Gasteiger partial charge in [-0.25, -0.2) is 0 Å².